The van der Waals surface area contributed by atoms with Gasteiger partial charge in [-0.2, -0.15) is 18.3 Å². The van der Waals surface area contributed by atoms with Crippen LogP contribution in [0.5, 0.6) is 5.75 Å². The first kappa shape index (κ1) is 24.3. The second-order valence-electron chi connectivity index (χ2n) is 7.56. The standard InChI is InChI=1S/C22H20Cl2F3N5O2/c1-34-17-12-14(5-6-15(17)23)30-8-10-31(11-9-30)18(13-33)32-21(22(25,26)27)19(24)20(29-32)16-4-2-3-7-28-16/h2-7,12-13,18H,8-11H2,1H3. The zero-order valence-electron chi connectivity index (χ0n) is 18.0. The molecule has 0 spiro atoms. The number of benzene rings is 1. The van der Waals surface area contributed by atoms with Crippen molar-refractivity contribution in [2.75, 3.05) is 38.2 Å². The highest BCUT2D eigenvalue weighted by Gasteiger charge is 2.43. The van der Waals surface area contributed by atoms with E-state index in [1.807, 2.05) is 11.0 Å². The molecule has 0 amide bonds. The molecule has 1 aliphatic rings. The first-order chi connectivity index (χ1) is 16.2. The van der Waals surface area contributed by atoms with E-state index in [-0.39, 0.29) is 11.4 Å². The highest BCUT2D eigenvalue weighted by Crippen LogP contribution is 2.41. The second kappa shape index (κ2) is 9.81. The molecule has 1 fully saturated rings. The number of hydrogen-bond acceptors (Lipinski definition) is 6. The second-order valence-corrected chi connectivity index (χ2v) is 8.35. The van der Waals surface area contributed by atoms with Crippen molar-refractivity contribution in [1.82, 2.24) is 19.7 Å². The molecule has 1 unspecified atom stereocenters. The lowest BCUT2D eigenvalue weighted by Gasteiger charge is -2.38. The Labute approximate surface area is 203 Å². The first-order valence-corrected chi connectivity index (χ1v) is 11.0. The Balaban J connectivity index is 1.61. The molecule has 1 saturated heterocycles. The molecule has 0 saturated carbocycles. The number of ether oxygens (including phenoxy) is 1. The predicted octanol–water partition coefficient (Wildman–Crippen LogP) is 4.80. The number of hydrogen-bond donors (Lipinski definition) is 0. The molecular weight excluding hydrogens is 494 g/mol. The molecule has 1 aliphatic heterocycles. The SMILES string of the molecule is COc1cc(N2CCN(C(C=O)n3nc(-c4ccccn4)c(Cl)c3C(F)(F)F)CC2)ccc1Cl. The Morgan fingerprint density at radius 3 is 2.44 bits per heavy atom. The van der Waals surface area contributed by atoms with Crippen molar-refractivity contribution in [3.63, 3.8) is 0 Å². The lowest BCUT2D eigenvalue weighted by molar-refractivity contribution is -0.147. The molecule has 1 atom stereocenters. The molecule has 12 heteroatoms. The van der Waals surface area contributed by atoms with Crippen LogP contribution in [0.15, 0.2) is 42.6 Å². The van der Waals surface area contributed by atoms with Crippen LogP contribution in [0.3, 0.4) is 0 Å². The van der Waals surface area contributed by atoms with Crippen LogP contribution in [0.25, 0.3) is 11.4 Å². The molecule has 0 aliphatic carbocycles. The van der Waals surface area contributed by atoms with Gasteiger partial charge < -0.3 is 9.64 Å². The van der Waals surface area contributed by atoms with Gasteiger partial charge in [0.1, 0.15) is 16.5 Å². The zero-order valence-corrected chi connectivity index (χ0v) is 19.5. The summed E-state index contributed by atoms with van der Waals surface area (Å²) in [5, 5.41) is 3.97. The quantitative estimate of drug-likeness (QED) is 0.441. The molecule has 3 heterocycles. The smallest absolute Gasteiger partial charge is 0.434 e. The van der Waals surface area contributed by atoms with Crippen molar-refractivity contribution in [3.8, 4) is 17.1 Å². The van der Waals surface area contributed by atoms with Gasteiger partial charge in [0.2, 0.25) is 0 Å². The molecule has 180 valence electrons. The van der Waals surface area contributed by atoms with Crippen LogP contribution in [-0.2, 0) is 11.0 Å². The van der Waals surface area contributed by atoms with Crippen LogP contribution in [0.1, 0.15) is 11.9 Å². The number of methoxy groups -OCH3 is 1. The van der Waals surface area contributed by atoms with Crippen LogP contribution in [0.4, 0.5) is 18.9 Å². The molecule has 34 heavy (non-hydrogen) atoms. The third kappa shape index (κ3) is 4.70. The summed E-state index contributed by atoms with van der Waals surface area (Å²) in [5.74, 6) is 0.524. The predicted molar refractivity (Wildman–Crippen MR) is 122 cm³/mol. The van der Waals surface area contributed by atoms with Crippen LogP contribution in [0, 0.1) is 0 Å². The Bertz CT molecular complexity index is 1170. The average Bonchev–Trinajstić information content (AvgIpc) is 3.18. The van der Waals surface area contributed by atoms with Crippen LogP contribution in [0.2, 0.25) is 10.0 Å². The van der Waals surface area contributed by atoms with Crippen LogP contribution >= 0.6 is 23.2 Å². The Morgan fingerprint density at radius 1 is 1.12 bits per heavy atom. The molecule has 7 nitrogen and oxygen atoms in total. The Kier molecular flexibility index (Phi) is 7.01. The third-order valence-electron chi connectivity index (χ3n) is 5.59. The van der Waals surface area contributed by atoms with Gasteiger partial charge in [-0.25, -0.2) is 4.68 Å². The lowest BCUT2D eigenvalue weighted by atomic mass is 10.2. The normalized spacial score (nSPS) is 15.9. The number of aldehydes is 1. The van der Waals surface area contributed by atoms with Crippen molar-refractivity contribution >= 4 is 35.2 Å². The van der Waals surface area contributed by atoms with Gasteiger partial charge in [0.15, 0.2) is 18.1 Å². The molecule has 0 N–H and O–H groups in total. The van der Waals surface area contributed by atoms with Gasteiger partial charge in [-0.15, -0.1) is 0 Å². The minimum absolute atomic E-state index is 0.131. The topological polar surface area (TPSA) is 63.5 Å². The van der Waals surface area contributed by atoms with Gasteiger partial charge in [-0.05, 0) is 24.3 Å². The summed E-state index contributed by atoms with van der Waals surface area (Å²) >= 11 is 12.2. The van der Waals surface area contributed by atoms with Crippen molar-refractivity contribution in [3.05, 3.63) is 58.3 Å². The molecule has 1 aromatic carbocycles. The van der Waals surface area contributed by atoms with Gasteiger partial charge in [0, 0.05) is 44.1 Å². The number of anilines is 1. The number of nitrogens with zero attached hydrogens (tertiary/aromatic N) is 5. The number of carbonyl (C=O) groups is 1. The monoisotopic (exact) mass is 513 g/mol. The average molecular weight is 514 g/mol. The fourth-order valence-corrected chi connectivity index (χ4v) is 4.44. The number of rotatable bonds is 6. The van der Waals surface area contributed by atoms with Crippen molar-refractivity contribution in [2.24, 2.45) is 0 Å². The fraction of sp³-hybridized carbons (Fsp3) is 0.318. The molecule has 3 aromatic rings. The van der Waals surface area contributed by atoms with E-state index in [9.17, 15) is 18.0 Å². The number of carbonyl (C=O) groups excluding carboxylic acids is 1. The number of piperazine rings is 1. The molecule has 0 radical (unpaired) electrons. The molecule has 0 bridgehead atoms. The Hall–Kier alpha value is -2.82. The van der Waals surface area contributed by atoms with Gasteiger partial charge in [-0.3, -0.25) is 14.7 Å². The third-order valence-corrected chi connectivity index (χ3v) is 6.26. The van der Waals surface area contributed by atoms with Gasteiger partial charge in [-0.1, -0.05) is 29.3 Å². The highest BCUT2D eigenvalue weighted by molar-refractivity contribution is 6.33. The summed E-state index contributed by atoms with van der Waals surface area (Å²) in [7, 11) is 1.52. The Morgan fingerprint density at radius 2 is 1.85 bits per heavy atom. The van der Waals surface area contributed by atoms with Gasteiger partial charge >= 0.3 is 6.18 Å². The van der Waals surface area contributed by atoms with Crippen molar-refractivity contribution in [1.29, 1.82) is 0 Å². The zero-order chi connectivity index (χ0) is 24.5. The molecule has 4 rings (SSSR count). The minimum Gasteiger partial charge on any atom is -0.495 e. The van der Waals surface area contributed by atoms with Crippen molar-refractivity contribution in [2.45, 2.75) is 12.3 Å². The number of halogens is 5. The minimum atomic E-state index is -4.82. The maximum absolute atomic E-state index is 14.0. The van der Waals surface area contributed by atoms with Gasteiger partial charge in [0.25, 0.3) is 0 Å². The summed E-state index contributed by atoms with van der Waals surface area (Å²) in [6.07, 6.45) is -4.23. The number of aromatic nitrogens is 3. The summed E-state index contributed by atoms with van der Waals surface area (Å²) in [5.41, 5.74) is -0.271. The molecular formula is C22H20Cl2F3N5O2. The van der Waals surface area contributed by atoms with E-state index in [2.05, 4.69) is 10.1 Å². The van der Waals surface area contributed by atoms with E-state index in [0.717, 1.165) is 5.69 Å². The van der Waals surface area contributed by atoms with Crippen LogP contribution in [-0.4, -0.2) is 59.2 Å². The van der Waals surface area contributed by atoms with Gasteiger partial charge in [0.05, 0.1) is 17.8 Å². The largest absolute Gasteiger partial charge is 0.495 e. The van der Waals surface area contributed by atoms with E-state index in [1.54, 1.807) is 29.2 Å². The van der Waals surface area contributed by atoms with E-state index >= 15 is 0 Å². The maximum Gasteiger partial charge on any atom is 0.434 e. The summed E-state index contributed by atoms with van der Waals surface area (Å²) in [4.78, 5) is 19.8. The van der Waals surface area contributed by atoms with E-state index < -0.39 is 23.1 Å². The van der Waals surface area contributed by atoms with E-state index in [4.69, 9.17) is 27.9 Å². The summed E-state index contributed by atoms with van der Waals surface area (Å²) in [6.45, 7) is 1.58. The number of pyridine rings is 1. The highest BCUT2D eigenvalue weighted by atomic mass is 35.5. The van der Waals surface area contributed by atoms with Crippen molar-refractivity contribution < 1.29 is 22.7 Å². The maximum atomic E-state index is 14.0. The lowest BCUT2D eigenvalue weighted by Crippen LogP contribution is -2.50. The summed E-state index contributed by atoms with van der Waals surface area (Å²) < 4.78 is 47.8. The summed E-state index contributed by atoms with van der Waals surface area (Å²) in [6, 6.07) is 10.1. The van der Waals surface area contributed by atoms with Crippen LogP contribution < -0.4 is 9.64 Å². The van der Waals surface area contributed by atoms with E-state index in [1.165, 1.54) is 19.4 Å². The van der Waals surface area contributed by atoms with E-state index in [0.29, 0.717) is 47.9 Å². The molecule has 2 aromatic heterocycles. The number of alkyl halides is 3. The first-order valence-electron chi connectivity index (χ1n) is 10.3. The fourth-order valence-electron chi connectivity index (χ4n) is 3.91.